The van der Waals surface area contributed by atoms with Gasteiger partial charge in [-0.1, -0.05) is 6.42 Å². The Morgan fingerprint density at radius 1 is 1.26 bits per heavy atom. The van der Waals surface area contributed by atoms with E-state index < -0.39 is 0 Å². The van der Waals surface area contributed by atoms with Gasteiger partial charge in [-0.2, -0.15) is 0 Å². The smallest absolute Gasteiger partial charge is 0.254 e. The molecule has 1 atom stereocenters. The summed E-state index contributed by atoms with van der Waals surface area (Å²) >= 11 is 0. The van der Waals surface area contributed by atoms with Crippen molar-refractivity contribution >= 4 is 11.9 Å². The second-order valence-corrected chi connectivity index (χ2v) is 7.58. The molecule has 3 rings (SSSR count). The van der Waals surface area contributed by atoms with E-state index in [2.05, 4.69) is 37.0 Å². The van der Waals surface area contributed by atoms with Crippen LogP contribution in [0.4, 0.5) is 5.95 Å². The van der Waals surface area contributed by atoms with Crippen molar-refractivity contribution in [3.63, 3.8) is 0 Å². The van der Waals surface area contributed by atoms with Gasteiger partial charge in [-0.3, -0.25) is 9.69 Å². The predicted octanol–water partition coefficient (Wildman–Crippen LogP) is 0.113. The second-order valence-electron chi connectivity index (χ2n) is 7.58. The van der Waals surface area contributed by atoms with Crippen molar-refractivity contribution in [1.29, 1.82) is 0 Å². The van der Waals surface area contributed by atoms with Gasteiger partial charge in [0.25, 0.3) is 5.91 Å². The van der Waals surface area contributed by atoms with E-state index in [1.54, 1.807) is 6.20 Å². The summed E-state index contributed by atoms with van der Waals surface area (Å²) < 4.78 is 0. The fraction of sp³-hybridized carbons (Fsp3) is 0.737. The van der Waals surface area contributed by atoms with Crippen LogP contribution in [0.2, 0.25) is 0 Å². The summed E-state index contributed by atoms with van der Waals surface area (Å²) in [5.74, 6) is 0.575. The van der Waals surface area contributed by atoms with Gasteiger partial charge in [0.2, 0.25) is 5.95 Å². The Bertz CT molecular complexity index is 633. The highest BCUT2D eigenvalue weighted by Crippen LogP contribution is 2.16. The highest BCUT2D eigenvalue weighted by atomic mass is 16.3. The third-order valence-corrected chi connectivity index (χ3v) is 5.64. The normalized spacial score (nSPS) is 22.0. The maximum atomic E-state index is 12.5. The first kappa shape index (κ1) is 20.0. The third-order valence-electron chi connectivity index (χ3n) is 5.64. The number of carbonyl (C=O) groups is 1. The first-order valence-corrected chi connectivity index (χ1v) is 9.98. The highest BCUT2D eigenvalue weighted by molar-refractivity contribution is 5.94. The summed E-state index contributed by atoms with van der Waals surface area (Å²) in [6, 6.07) is 0.226. The van der Waals surface area contributed by atoms with Crippen molar-refractivity contribution in [1.82, 2.24) is 25.1 Å². The molecule has 0 radical (unpaired) electrons. The first-order chi connectivity index (χ1) is 13.1. The van der Waals surface area contributed by atoms with Crippen molar-refractivity contribution < 1.29 is 9.90 Å². The van der Waals surface area contributed by atoms with Gasteiger partial charge in [0, 0.05) is 51.5 Å². The quantitative estimate of drug-likeness (QED) is 0.729. The van der Waals surface area contributed by atoms with Crippen molar-refractivity contribution in [2.75, 3.05) is 64.4 Å². The molecule has 0 unspecified atom stereocenters. The number of nitrogens with zero attached hydrogens (tertiary/aromatic N) is 5. The number of anilines is 1. The molecule has 0 saturated carbocycles. The van der Waals surface area contributed by atoms with Crippen LogP contribution in [0.1, 0.15) is 35.3 Å². The number of aryl methyl sites for hydroxylation is 1. The molecule has 0 bridgehead atoms. The molecule has 2 saturated heterocycles. The largest absolute Gasteiger partial charge is 0.395 e. The number of nitrogens with one attached hydrogen (secondary N) is 1. The molecule has 0 spiro atoms. The Morgan fingerprint density at radius 3 is 2.74 bits per heavy atom. The van der Waals surface area contributed by atoms with Crippen LogP contribution in [-0.4, -0.2) is 96.3 Å². The molecule has 1 amide bonds. The van der Waals surface area contributed by atoms with E-state index in [1.165, 1.54) is 6.42 Å². The molecule has 8 heteroatoms. The lowest BCUT2D eigenvalue weighted by atomic mass is 10.0. The van der Waals surface area contributed by atoms with Gasteiger partial charge in [-0.15, -0.1) is 0 Å². The van der Waals surface area contributed by atoms with Crippen molar-refractivity contribution in [3.05, 3.63) is 17.5 Å². The number of hydrogen-bond acceptors (Lipinski definition) is 7. The van der Waals surface area contributed by atoms with E-state index in [0.29, 0.717) is 23.8 Å². The van der Waals surface area contributed by atoms with Gasteiger partial charge in [0.15, 0.2) is 0 Å². The van der Waals surface area contributed by atoms with E-state index in [0.717, 1.165) is 52.1 Å². The average molecular weight is 377 g/mol. The Morgan fingerprint density at radius 2 is 2.04 bits per heavy atom. The molecule has 1 aromatic rings. The van der Waals surface area contributed by atoms with Crippen molar-refractivity contribution in [2.45, 2.75) is 32.2 Å². The summed E-state index contributed by atoms with van der Waals surface area (Å²) in [6.45, 7) is 8.17. The summed E-state index contributed by atoms with van der Waals surface area (Å²) in [7, 11) is 2.11. The number of likely N-dealkylation sites (N-methyl/N-ethyl adjacent to an activating group) is 1. The van der Waals surface area contributed by atoms with Gasteiger partial charge in [0.05, 0.1) is 17.9 Å². The van der Waals surface area contributed by atoms with Gasteiger partial charge in [-0.25, -0.2) is 9.97 Å². The average Bonchev–Trinajstić information content (AvgIpc) is 2.68. The number of aliphatic hydroxyl groups is 1. The number of piperazine rings is 1. The van der Waals surface area contributed by atoms with E-state index in [-0.39, 0.29) is 18.6 Å². The topological polar surface area (TPSA) is 84.8 Å². The molecule has 0 aliphatic carbocycles. The van der Waals surface area contributed by atoms with Crippen LogP contribution < -0.4 is 10.2 Å². The number of rotatable bonds is 6. The second kappa shape index (κ2) is 9.43. The Balaban J connectivity index is 1.52. The van der Waals surface area contributed by atoms with Crippen molar-refractivity contribution in [3.8, 4) is 0 Å². The molecule has 2 fully saturated rings. The fourth-order valence-corrected chi connectivity index (χ4v) is 3.81. The molecular weight excluding hydrogens is 344 g/mol. The zero-order chi connectivity index (χ0) is 19.2. The van der Waals surface area contributed by atoms with Gasteiger partial charge in [-0.05, 0) is 33.4 Å². The van der Waals surface area contributed by atoms with Gasteiger partial charge < -0.3 is 20.2 Å². The van der Waals surface area contributed by atoms with E-state index >= 15 is 0 Å². The lowest BCUT2D eigenvalue weighted by Crippen LogP contribution is -2.45. The minimum Gasteiger partial charge on any atom is -0.395 e. The minimum atomic E-state index is -0.130. The van der Waals surface area contributed by atoms with E-state index in [4.69, 9.17) is 0 Å². The number of likely N-dealkylation sites (tertiary alicyclic amines) is 1. The number of hydrogen-bond donors (Lipinski definition) is 2. The van der Waals surface area contributed by atoms with Crippen LogP contribution in [0.15, 0.2) is 6.20 Å². The number of carbonyl (C=O) groups excluding carboxylic acids is 1. The minimum absolute atomic E-state index is 0.130. The fourth-order valence-electron chi connectivity index (χ4n) is 3.81. The molecule has 8 nitrogen and oxygen atoms in total. The van der Waals surface area contributed by atoms with Crippen LogP contribution in [0.25, 0.3) is 0 Å². The predicted molar refractivity (Wildman–Crippen MR) is 105 cm³/mol. The summed E-state index contributed by atoms with van der Waals surface area (Å²) in [6.07, 6.45) is 5.00. The lowest BCUT2D eigenvalue weighted by molar-refractivity contribution is 0.0848. The monoisotopic (exact) mass is 376 g/mol. The Kier molecular flexibility index (Phi) is 6.98. The van der Waals surface area contributed by atoms with Crippen LogP contribution >= 0.6 is 0 Å². The molecule has 2 N–H and O–H groups in total. The zero-order valence-electron chi connectivity index (χ0n) is 16.5. The van der Waals surface area contributed by atoms with E-state index in [1.807, 2.05) is 6.92 Å². The van der Waals surface area contributed by atoms with Crippen LogP contribution in [0, 0.1) is 6.92 Å². The van der Waals surface area contributed by atoms with Crippen molar-refractivity contribution in [2.24, 2.45) is 0 Å². The Hall–Kier alpha value is -1.77. The highest BCUT2D eigenvalue weighted by Gasteiger charge is 2.22. The number of aliphatic hydroxyl groups excluding tert-OH is 1. The van der Waals surface area contributed by atoms with Crippen LogP contribution in [0.5, 0.6) is 0 Å². The third kappa shape index (κ3) is 5.15. The number of piperidine rings is 1. The molecule has 2 aliphatic rings. The maximum Gasteiger partial charge on any atom is 0.254 e. The van der Waals surface area contributed by atoms with Gasteiger partial charge in [0.1, 0.15) is 0 Å². The number of aromatic nitrogens is 2. The van der Waals surface area contributed by atoms with E-state index in [9.17, 15) is 9.90 Å². The Labute approximate surface area is 161 Å². The molecule has 2 aliphatic heterocycles. The molecular formula is C19H32N6O2. The molecule has 3 heterocycles. The summed E-state index contributed by atoms with van der Waals surface area (Å²) in [5, 5.41) is 12.5. The van der Waals surface area contributed by atoms with Crippen LogP contribution in [0.3, 0.4) is 0 Å². The zero-order valence-corrected chi connectivity index (χ0v) is 16.5. The molecule has 0 aromatic carbocycles. The SMILES string of the molecule is Cc1nc(N2CCN(C)CC2)ncc1C(=O)NCCN1CCCC[C@@H]1CO. The standard InChI is InChI=1S/C19H32N6O2/c1-15-17(13-21-19(22-15)25-11-9-23(2)10-12-25)18(27)20-6-8-24-7-4-3-5-16(24)14-26/h13,16,26H,3-12,14H2,1-2H3,(H,20,27)/t16-/m1/s1. The van der Waals surface area contributed by atoms with Crippen LogP contribution in [-0.2, 0) is 0 Å². The lowest BCUT2D eigenvalue weighted by Gasteiger charge is -2.34. The molecule has 27 heavy (non-hydrogen) atoms. The van der Waals surface area contributed by atoms with Gasteiger partial charge >= 0.3 is 0 Å². The summed E-state index contributed by atoms with van der Waals surface area (Å²) in [5.41, 5.74) is 1.24. The number of amides is 1. The maximum absolute atomic E-state index is 12.5. The molecule has 1 aromatic heterocycles. The molecule has 150 valence electrons. The summed E-state index contributed by atoms with van der Waals surface area (Å²) in [4.78, 5) is 28.2. The first-order valence-electron chi connectivity index (χ1n) is 9.98.